The normalized spacial score (nSPS) is 15.8. The number of nitrogens with two attached hydrogens (primary N) is 1. The fraction of sp³-hybridized carbons (Fsp3) is 1.00. The number of aliphatic hydroxyl groups excluding tert-OH is 2. The highest BCUT2D eigenvalue weighted by atomic mass is 32.2. The first-order chi connectivity index (χ1) is 11.8. The van der Waals surface area contributed by atoms with Gasteiger partial charge in [-0.2, -0.15) is 0 Å². The number of hydrogen-bond acceptors (Lipinski definition) is 4. The van der Waals surface area contributed by atoms with Gasteiger partial charge in [0, 0.05) is 0 Å². The molecule has 0 saturated heterocycles. The zero-order valence-electron chi connectivity index (χ0n) is 17.6. The van der Waals surface area contributed by atoms with Crippen molar-refractivity contribution in [3.05, 3.63) is 0 Å². The van der Waals surface area contributed by atoms with E-state index in [1.54, 1.807) is 0 Å². The number of hydrogen-bond donors (Lipinski definition) is 3. The molecule has 0 aromatic rings. The lowest BCUT2D eigenvalue weighted by Gasteiger charge is -2.27. The molecule has 0 spiro atoms. The molecule has 0 saturated carbocycles. The Morgan fingerprint density at radius 3 is 1.81 bits per heavy atom. The van der Waals surface area contributed by atoms with Gasteiger partial charge in [-0.1, -0.05) is 60.3 Å². The maximum Gasteiger partial charge on any atom is 0.235 e. The van der Waals surface area contributed by atoms with Crippen molar-refractivity contribution in [3.63, 3.8) is 0 Å². The Labute approximate surface area is 161 Å². The number of primary sulfonamides is 1. The summed E-state index contributed by atoms with van der Waals surface area (Å²) in [4.78, 5) is 0. The molecule has 2 atom stereocenters. The molecular formula is C20H43NO4S. The molecule has 0 rings (SSSR count). The summed E-state index contributed by atoms with van der Waals surface area (Å²) < 4.78 is 22.1. The predicted molar refractivity (Wildman–Crippen MR) is 109 cm³/mol. The van der Waals surface area contributed by atoms with E-state index < -0.39 is 15.5 Å². The largest absolute Gasteiger partial charge is 0.393 e. The molecule has 0 aliphatic heterocycles. The predicted octanol–water partition coefficient (Wildman–Crippen LogP) is 4.32. The van der Waals surface area contributed by atoms with Crippen LogP contribution in [0.4, 0.5) is 0 Å². The van der Waals surface area contributed by atoms with Gasteiger partial charge in [0.2, 0.25) is 10.0 Å². The second kappa shape index (κ2) is 11.6. The molecule has 0 amide bonds. The average Bonchev–Trinajstić information content (AvgIpc) is 2.52. The molecule has 0 heterocycles. The van der Waals surface area contributed by atoms with Gasteiger partial charge in [0.05, 0.1) is 6.10 Å². The van der Waals surface area contributed by atoms with Crippen LogP contribution in [-0.2, 0) is 10.0 Å². The van der Waals surface area contributed by atoms with Gasteiger partial charge in [0.15, 0.2) is 5.44 Å². The van der Waals surface area contributed by atoms with Crippen LogP contribution in [0.15, 0.2) is 0 Å². The Balaban J connectivity index is 3.98. The number of aliphatic hydroxyl groups is 2. The Morgan fingerprint density at radius 2 is 1.31 bits per heavy atom. The lowest BCUT2D eigenvalue weighted by molar-refractivity contribution is 0.125. The van der Waals surface area contributed by atoms with E-state index in [2.05, 4.69) is 34.6 Å². The van der Waals surface area contributed by atoms with Gasteiger partial charge in [-0.25, -0.2) is 13.6 Å². The first-order valence-electron chi connectivity index (χ1n) is 10.2. The molecule has 5 nitrogen and oxygen atoms in total. The third-order valence-electron chi connectivity index (χ3n) is 5.45. The molecule has 0 aromatic carbocycles. The average molecular weight is 394 g/mol. The summed E-state index contributed by atoms with van der Waals surface area (Å²) in [5.41, 5.74) is -1.21. The van der Waals surface area contributed by atoms with Gasteiger partial charge >= 0.3 is 0 Å². The third-order valence-corrected chi connectivity index (χ3v) is 6.44. The highest BCUT2D eigenvalue weighted by Crippen LogP contribution is 2.32. The van der Waals surface area contributed by atoms with Crippen LogP contribution in [0.5, 0.6) is 0 Å². The minimum Gasteiger partial charge on any atom is -0.393 e. The SMILES string of the molecule is CCCCC(C)(C)CCC(O)CCCCC(C)(C)CCC(O)S(N)(=O)=O. The van der Waals surface area contributed by atoms with Crippen molar-refractivity contribution in [1.29, 1.82) is 0 Å². The minimum absolute atomic E-state index is 0.0429. The smallest absolute Gasteiger partial charge is 0.235 e. The van der Waals surface area contributed by atoms with Crippen LogP contribution < -0.4 is 5.14 Å². The van der Waals surface area contributed by atoms with E-state index in [0.29, 0.717) is 11.8 Å². The second-order valence-electron chi connectivity index (χ2n) is 9.45. The van der Waals surface area contributed by atoms with Crippen LogP contribution in [0.2, 0.25) is 0 Å². The van der Waals surface area contributed by atoms with E-state index in [9.17, 15) is 18.6 Å². The van der Waals surface area contributed by atoms with Crippen LogP contribution in [0.3, 0.4) is 0 Å². The first-order valence-corrected chi connectivity index (χ1v) is 11.8. The zero-order valence-corrected chi connectivity index (χ0v) is 18.4. The minimum atomic E-state index is -3.86. The van der Waals surface area contributed by atoms with Gasteiger partial charge in [0.1, 0.15) is 0 Å². The first kappa shape index (κ1) is 25.8. The molecule has 0 aliphatic rings. The molecule has 0 bridgehead atoms. The zero-order chi connectivity index (χ0) is 20.4. The lowest BCUT2D eigenvalue weighted by Crippen LogP contribution is -2.29. The topological polar surface area (TPSA) is 101 Å². The van der Waals surface area contributed by atoms with Crippen LogP contribution in [0.25, 0.3) is 0 Å². The molecular weight excluding hydrogens is 350 g/mol. The van der Waals surface area contributed by atoms with Crippen molar-refractivity contribution >= 4 is 10.0 Å². The van der Waals surface area contributed by atoms with E-state index in [4.69, 9.17) is 5.14 Å². The quantitative estimate of drug-likeness (QED) is 0.361. The number of sulfonamides is 1. The van der Waals surface area contributed by atoms with Gasteiger partial charge in [-0.15, -0.1) is 0 Å². The standard InChI is InChI=1S/C20H43NO4S/c1-6-7-13-19(2,3)15-11-17(22)10-8-9-14-20(4,5)16-12-18(23)26(21,24)25/h17-18,22-23H,6-16H2,1-5H3,(H2,21,24,25). The molecule has 0 aliphatic carbocycles. The molecule has 6 heteroatoms. The van der Waals surface area contributed by atoms with Crippen LogP contribution in [0.1, 0.15) is 105 Å². The molecule has 2 unspecified atom stereocenters. The Kier molecular flexibility index (Phi) is 11.5. The van der Waals surface area contributed by atoms with Crippen molar-refractivity contribution in [1.82, 2.24) is 0 Å². The van der Waals surface area contributed by atoms with Crippen molar-refractivity contribution in [2.75, 3.05) is 0 Å². The van der Waals surface area contributed by atoms with Crippen LogP contribution in [0, 0.1) is 10.8 Å². The van der Waals surface area contributed by atoms with Gasteiger partial charge < -0.3 is 10.2 Å². The van der Waals surface area contributed by atoms with E-state index in [-0.39, 0.29) is 17.9 Å². The van der Waals surface area contributed by atoms with E-state index >= 15 is 0 Å². The summed E-state index contributed by atoms with van der Waals surface area (Å²) in [6.45, 7) is 10.9. The summed E-state index contributed by atoms with van der Waals surface area (Å²) in [6.07, 6.45) is 9.88. The molecule has 0 fully saturated rings. The lowest BCUT2D eigenvalue weighted by atomic mass is 9.81. The molecule has 4 N–H and O–H groups in total. The Morgan fingerprint density at radius 1 is 0.808 bits per heavy atom. The van der Waals surface area contributed by atoms with E-state index in [1.807, 2.05) is 0 Å². The van der Waals surface area contributed by atoms with Crippen LogP contribution >= 0.6 is 0 Å². The Bertz CT molecular complexity index is 474. The fourth-order valence-electron chi connectivity index (χ4n) is 3.27. The van der Waals surface area contributed by atoms with Crippen molar-refractivity contribution in [2.24, 2.45) is 16.0 Å². The summed E-state index contributed by atoms with van der Waals surface area (Å²) in [7, 11) is -3.86. The van der Waals surface area contributed by atoms with Gasteiger partial charge in [0.25, 0.3) is 0 Å². The summed E-state index contributed by atoms with van der Waals surface area (Å²) in [5.74, 6) is 0. The second-order valence-corrected chi connectivity index (χ2v) is 11.2. The highest BCUT2D eigenvalue weighted by molar-refractivity contribution is 7.89. The third kappa shape index (κ3) is 13.1. The van der Waals surface area contributed by atoms with Crippen molar-refractivity contribution in [3.8, 4) is 0 Å². The van der Waals surface area contributed by atoms with Gasteiger partial charge in [-0.05, 0) is 55.8 Å². The van der Waals surface area contributed by atoms with E-state index in [1.165, 1.54) is 19.3 Å². The molecule has 0 radical (unpaired) electrons. The molecule has 26 heavy (non-hydrogen) atoms. The summed E-state index contributed by atoms with van der Waals surface area (Å²) >= 11 is 0. The number of rotatable bonds is 15. The van der Waals surface area contributed by atoms with Gasteiger partial charge in [-0.3, -0.25) is 0 Å². The maximum absolute atomic E-state index is 11.1. The monoisotopic (exact) mass is 393 g/mol. The van der Waals surface area contributed by atoms with Crippen LogP contribution in [-0.4, -0.2) is 30.2 Å². The number of unbranched alkanes of at least 4 members (excludes halogenated alkanes) is 2. The summed E-state index contributed by atoms with van der Waals surface area (Å²) in [6, 6.07) is 0. The Hall–Kier alpha value is -0.170. The molecule has 0 aromatic heterocycles. The van der Waals surface area contributed by atoms with E-state index in [0.717, 1.165) is 38.5 Å². The maximum atomic E-state index is 11.1. The molecule has 158 valence electrons. The van der Waals surface area contributed by atoms with Crippen molar-refractivity contribution in [2.45, 2.75) is 117 Å². The fourth-order valence-corrected chi connectivity index (χ4v) is 3.72. The highest BCUT2D eigenvalue weighted by Gasteiger charge is 2.24. The van der Waals surface area contributed by atoms with Crippen molar-refractivity contribution < 1.29 is 18.6 Å². The summed E-state index contributed by atoms with van der Waals surface area (Å²) in [5, 5.41) is 24.7.